The van der Waals surface area contributed by atoms with Gasteiger partial charge in [-0.3, -0.25) is 9.05 Å². The molecule has 0 aliphatic rings. The zero-order chi connectivity index (χ0) is 30.1. The molecule has 0 aliphatic heterocycles. The van der Waals surface area contributed by atoms with E-state index in [1.54, 1.807) is 14.1 Å². The molecular weight excluding hydrogens is 527 g/mol. The number of hydrogen-bond acceptors (Lipinski definition) is 5. The van der Waals surface area contributed by atoms with Crippen LogP contribution in [-0.2, 0) is 18.3 Å². The van der Waals surface area contributed by atoms with E-state index in [1.165, 1.54) is 108 Å². The second kappa shape index (κ2) is 24.9. The summed E-state index contributed by atoms with van der Waals surface area (Å²) in [6.07, 6.45) is 24.3. The fourth-order valence-electron chi connectivity index (χ4n) is 4.53. The van der Waals surface area contributed by atoms with Crippen molar-refractivity contribution in [2.45, 2.75) is 129 Å². The van der Waals surface area contributed by atoms with Gasteiger partial charge in [0.15, 0.2) is 0 Å². The summed E-state index contributed by atoms with van der Waals surface area (Å²) in [6.45, 7) is 3.19. The first-order valence-electron chi connectivity index (χ1n) is 16.2. The van der Waals surface area contributed by atoms with E-state index in [9.17, 15) is 14.3 Å². The molecule has 0 aromatic carbocycles. The lowest BCUT2D eigenvalue weighted by atomic mass is 10.0. The molecule has 0 saturated carbocycles. The molecule has 9 heteroatoms. The van der Waals surface area contributed by atoms with Gasteiger partial charge in [-0.2, -0.15) is 0 Å². The largest absolute Gasteiger partial charge is 0.472 e. The molecule has 240 valence electrons. The first-order chi connectivity index (χ1) is 19.0. The number of unbranched alkanes of at least 4 members (excludes halogenated alkanes) is 17. The number of nitrogens with zero attached hydrogens (tertiary/aromatic N) is 2. The van der Waals surface area contributed by atoms with Crippen LogP contribution in [0.15, 0.2) is 0 Å². The Morgan fingerprint density at radius 2 is 1.15 bits per heavy atom. The molecule has 0 heterocycles. The van der Waals surface area contributed by atoms with Gasteiger partial charge in [0.1, 0.15) is 13.2 Å². The summed E-state index contributed by atoms with van der Waals surface area (Å²) in [4.78, 5) is 23.3. The van der Waals surface area contributed by atoms with E-state index in [4.69, 9.17) is 13.8 Å². The molecule has 0 rings (SSSR count). The summed E-state index contributed by atoms with van der Waals surface area (Å²) in [5, 5.41) is 0. The van der Waals surface area contributed by atoms with Gasteiger partial charge >= 0.3 is 13.9 Å². The van der Waals surface area contributed by atoms with Crippen LogP contribution in [0.25, 0.3) is 0 Å². The number of quaternary nitrogens is 1. The summed E-state index contributed by atoms with van der Waals surface area (Å²) in [5.74, 6) is -0.146. The Labute approximate surface area is 247 Å². The quantitative estimate of drug-likeness (QED) is 0.0556. The van der Waals surface area contributed by atoms with Gasteiger partial charge in [0.25, 0.3) is 0 Å². The van der Waals surface area contributed by atoms with E-state index in [1.807, 2.05) is 21.1 Å². The fourth-order valence-corrected chi connectivity index (χ4v) is 5.32. The van der Waals surface area contributed by atoms with Crippen LogP contribution in [0.4, 0.5) is 4.79 Å². The molecule has 0 fully saturated rings. The topological polar surface area (TPSA) is 85.3 Å². The summed E-state index contributed by atoms with van der Waals surface area (Å²) < 4.78 is 28.6. The van der Waals surface area contributed by atoms with E-state index in [0.29, 0.717) is 11.0 Å². The number of phosphoric acid groups is 1. The highest BCUT2D eigenvalue weighted by atomic mass is 31.2. The third kappa shape index (κ3) is 27.5. The first kappa shape index (κ1) is 39.3. The molecule has 0 saturated heterocycles. The number of carbonyl (C=O) groups is 1. The Bertz CT molecular complexity index is 642. The fraction of sp³-hybridized carbons (Fsp3) is 0.968. The second-order valence-corrected chi connectivity index (χ2v) is 14.2. The lowest BCUT2D eigenvalue weighted by molar-refractivity contribution is -0.870. The molecule has 0 radical (unpaired) electrons. The van der Waals surface area contributed by atoms with Crippen molar-refractivity contribution < 1.29 is 32.5 Å². The SMILES string of the molecule is CCCCCCCCCCCCCCCCCCCCC(COC(=O)N(C)C)COP(=O)(O)OCC[N+](C)(C)C. The molecule has 0 aromatic rings. The summed E-state index contributed by atoms with van der Waals surface area (Å²) in [7, 11) is 5.09. The minimum atomic E-state index is -4.14. The van der Waals surface area contributed by atoms with Gasteiger partial charge in [-0.05, 0) is 6.42 Å². The second-order valence-electron chi connectivity index (χ2n) is 12.7. The van der Waals surface area contributed by atoms with Crippen molar-refractivity contribution in [1.82, 2.24) is 4.90 Å². The van der Waals surface area contributed by atoms with Gasteiger partial charge in [-0.15, -0.1) is 0 Å². The molecule has 0 aliphatic carbocycles. The third-order valence-electron chi connectivity index (χ3n) is 7.26. The van der Waals surface area contributed by atoms with Crippen molar-refractivity contribution in [1.29, 1.82) is 0 Å². The van der Waals surface area contributed by atoms with Crippen LogP contribution in [0.3, 0.4) is 0 Å². The first-order valence-corrected chi connectivity index (χ1v) is 17.7. The van der Waals surface area contributed by atoms with Crippen LogP contribution in [0.2, 0.25) is 0 Å². The molecule has 40 heavy (non-hydrogen) atoms. The van der Waals surface area contributed by atoms with Crippen molar-refractivity contribution in [2.24, 2.45) is 5.92 Å². The number of phosphoric ester groups is 1. The van der Waals surface area contributed by atoms with Crippen LogP contribution >= 0.6 is 7.82 Å². The minimum absolute atomic E-state index is 0.0256. The van der Waals surface area contributed by atoms with E-state index in [-0.39, 0.29) is 25.7 Å². The van der Waals surface area contributed by atoms with E-state index in [2.05, 4.69) is 6.92 Å². The number of likely N-dealkylation sites (N-methyl/N-ethyl adjacent to an activating group) is 1. The van der Waals surface area contributed by atoms with Crippen molar-refractivity contribution in [3.8, 4) is 0 Å². The Morgan fingerprint density at radius 3 is 1.55 bits per heavy atom. The standard InChI is InChI=1S/C31H65N2O6P/c1-7-8-9-10-11-12-13-14-15-16-17-18-19-20-21-22-23-24-25-30(28-37-31(34)32(2)3)29-39-40(35,36)38-27-26-33(4,5)6/h30H,7-29H2,1-6H3/p+1. The van der Waals surface area contributed by atoms with Crippen LogP contribution in [-0.4, -0.2) is 82.0 Å². The number of amides is 1. The molecule has 8 nitrogen and oxygen atoms in total. The predicted molar refractivity (Wildman–Crippen MR) is 167 cm³/mol. The number of rotatable bonds is 28. The zero-order valence-corrected chi connectivity index (χ0v) is 28.1. The van der Waals surface area contributed by atoms with Crippen LogP contribution in [0.5, 0.6) is 0 Å². The zero-order valence-electron chi connectivity index (χ0n) is 27.2. The van der Waals surface area contributed by atoms with Crippen molar-refractivity contribution >= 4 is 13.9 Å². The monoisotopic (exact) mass is 593 g/mol. The van der Waals surface area contributed by atoms with E-state index < -0.39 is 13.9 Å². The highest BCUT2D eigenvalue weighted by Crippen LogP contribution is 2.43. The highest BCUT2D eigenvalue weighted by molar-refractivity contribution is 7.47. The Kier molecular flexibility index (Phi) is 24.5. The van der Waals surface area contributed by atoms with Crippen LogP contribution in [0, 0.1) is 5.92 Å². The van der Waals surface area contributed by atoms with Crippen molar-refractivity contribution in [3.05, 3.63) is 0 Å². The van der Waals surface area contributed by atoms with E-state index in [0.717, 1.165) is 19.3 Å². The molecule has 2 atom stereocenters. The van der Waals surface area contributed by atoms with Crippen LogP contribution < -0.4 is 0 Å². The molecular formula is C31H66N2O6P+. The lowest BCUT2D eigenvalue weighted by Gasteiger charge is -2.24. The Balaban J connectivity index is 3.96. The summed E-state index contributed by atoms with van der Waals surface area (Å²) in [5.41, 5.74) is 0. The normalized spacial score (nSPS) is 14.2. The maximum Gasteiger partial charge on any atom is 0.472 e. The Morgan fingerprint density at radius 1 is 0.725 bits per heavy atom. The average Bonchev–Trinajstić information content (AvgIpc) is 2.87. The summed E-state index contributed by atoms with van der Waals surface area (Å²) in [6, 6.07) is 0. The van der Waals surface area contributed by atoms with Crippen molar-refractivity contribution in [2.75, 3.05) is 61.6 Å². The minimum Gasteiger partial charge on any atom is -0.449 e. The van der Waals surface area contributed by atoms with Crippen molar-refractivity contribution in [3.63, 3.8) is 0 Å². The highest BCUT2D eigenvalue weighted by Gasteiger charge is 2.25. The molecule has 0 spiro atoms. The Hall–Kier alpha value is -0.660. The van der Waals surface area contributed by atoms with E-state index >= 15 is 0 Å². The third-order valence-corrected chi connectivity index (χ3v) is 8.25. The maximum absolute atomic E-state index is 12.3. The number of carbonyl (C=O) groups excluding carboxylic acids is 1. The smallest absolute Gasteiger partial charge is 0.449 e. The van der Waals surface area contributed by atoms with Gasteiger partial charge in [0, 0.05) is 20.0 Å². The number of ether oxygens (including phenoxy) is 1. The lowest BCUT2D eigenvalue weighted by Crippen LogP contribution is -2.37. The molecule has 0 aromatic heterocycles. The molecule has 1 amide bonds. The molecule has 1 N–H and O–H groups in total. The predicted octanol–water partition coefficient (Wildman–Crippen LogP) is 8.57. The van der Waals surface area contributed by atoms with Gasteiger partial charge in [0.05, 0.1) is 34.4 Å². The van der Waals surface area contributed by atoms with Gasteiger partial charge in [-0.1, -0.05) is 122 Å². The van der Waals surface area contributed by atoms with Gasteiger partial charge in [-0.25, -0.2) is 9.36 Å². The van der Waals surface area contributed by atoms with Gasteiger partial charge < -0.3 is 19.0 Å². The van der Waals surface area contributed by atoms with Crippen LogP contribution in [0.1, 0.15) is 129 Å². The molecule has 0 bridgehead atoms. The molecule has 2 unspecified atom stereocenters. The average molecular weight is 594 g/mol. The maximum atomic E-state index is 12.3. The summed E-state index contributed by atoms with van der Waals surface area (Å²) >= 11 is 0. The van der Waals surface area contributed by atoms with Gasteiger partial charge in [0.2, 0.25) is 0 Å². The number of hydrogen-bond donors (Lipinski definition) is 1.